The number of nitrogens with one attached hydrogen (secondary N) is 1. The zero-order chi connectivity index (χ0) is 15.6. The summed E-state index contributed by atoms with van der Waals surface area (Å²) in [6.45, 7) is 7.91. The number of aromatic nitrogens is 2. The lowest BCUT2D eigenvalue weighted by Gasteiger charge is -2.32. The van der Waals surface area contributed by atoms with Crippen molar-refractivity contribution in [3.63, 3.8) is 0 Å². The van der Waals surface area contributed by atoms with Crippen LogP contribution in [-0.2, 0) is 11.3 Å². The molecule has 0 radical (unpaired) electrons. The first-order valence-corrected chi connectivity index (χ1v) is 7.09. The lowest BCUT2D eigenvalue weighted by molar-refractivity contribution is -0.386. The average Bonchev–Trinajstić information content (AvgIpc) is 2.70. The Balaban J connectivity index is 0.00000242. The Kier molecular flexibility index (Phi) is 6.31. The van der Waals surface area contributed by atoms with Crippen molar-refractivity contribution >= 4 is 24.0 Å². The van der Waals surface area contributed by atoms with Gasteiger partial charge in [-0.2, -0.15) is 5.10 Å². The van der Waals surface area contributed by atoms with Crippen LogP contribution in [0.4, 0.5) is 5.69 Å². The summed E-state index contributed by atoms with van der Waals surface area (Å²) in [5.74, 6) is 0.0681. The molecule has 2 heterocycles. The van der Waals surface area contributed by atoms with E-state index < -0.39 is 4.92 Å². The van der Waals surface area contributed by atoms with Crippen molar-refractivity contribution in [3.8, 4) is 0 Å². The topological polar surface area (TPSA) is 93.3 Å². The number of nitro groups is 1. The quantitative estimate of drug-likeness (QED) is 0.657. The number of hydrogen-bond acceptors (Lipinski definition) is 5. The summed E-state index contributed by atoms with van der Waals surface area (Å²) >= 11 is 0. The number of carbonyl (C=O) groups is 1. The molecule has 1 aromatic heterocycles. The number of amides is 1. The highest BCUT2D eigenvalue weighted by molar-refractivity contribution is 5.85. The van der Waals surface area contributed by atoms with E-state index in [-0.39, 0.29) is 24.0 Å². The smallest absolute Gasteiger partial charge is 0.312 e. The van der Waals surface area contributed by atoms with Gasteiger partial charge >= 0.3 is 5.69 Å². The van der Waals surface area contributed by atoms with Gasteiger partial charge in [-0.1, -0.05) is 0 Å². The van der Waals surface area contributed by atoms with Crippen LogP contribution in [0.2, 0.25) is 0 Å². The van der Waals surface area contributed by atoms with E-state index in [0.717, 1.165) is 6.54 Å². The Hall–Kier alpha value is -1.67. The molecule has 0 aliphatic carbocycles. The van der Waals surface area contributed by atoms with Crippen LogP contribution in [0.25, 0.3) is 0 Å². The van der Waals surface area contributed by atoms with Crippen molar-refractivity contribution < 1.29 is 9.72 Å². The first kappa shape index (κ1) is 18.4. The molecule has 1 saturated heterocycles. The largest absolute Gasteiger partial charge is 0.340 e. The van der Waals surface area contributed by atoms with E-state index >= 15 is 0 Å². The van der Waals surface area contributed by atoms with Crippen molar-refractivity contribution in [2.45, 2.75) is 39.8 Å². The molecule has 0 bridgehead atoms. The molecule has 1 aliphatic rings. The van der Waals surface area contributed by atoms with Crippen molar-refractivity contribution in [3.05, 3.63) is 21.5 Å². The van der Waals surface area contributed by atoms with E-state index in [1.165, 1.54) is 0 Å². The third kappa shape index (κ3) is 3.95. The van der Waals surface area contributed by atoms with E-state index in [9.17, 15) is 14.9 Å². The third-order valence-corrected chi connectivity index (χ3v) is 3.78. The van der Waals surface area contributed by atoms with Crippen molar-refractivity contribution in [1.29, 1.82) is 0 Å². The van der Waals surface area contributed by atoms with Gasteiger partial charge in [-0.3, -0.25) is 19.6 Å². The van der Waals surface area contributed by atoms with Gasteiger partial charge in [0.2, 0.25) is 5.91 Å². The van der Waals surface area contributed by atoms with Gasteiger partial charge in [0, 0.05) is 32.1 Å². The normalized spacial score (nSPS) is 18.0. The number of rotatable bonds is 4. The number of piperazine rings is 1. The van der Waals surface area contributed by atoms with Gasteiger partial charge in [0.25, 0.3) is 0 Å². The minimum Gasteiger partial charge on any atom is -0.340 e. The van der Waals surface area contributed by atoms with Gasteiger partial charge in [0.1, 0.15) is 11.4 Å². The van der Waals surface area contributed by atoms with Gasteiger partial charge < -0.3 is 10.2 Å². The number of hydrogen-bond donors (Lipinski definition) is 1. The molecule has 0 aromatic carbocycles. The Morgan fingerprint density at radius 3 is 2.73 bits per heavy atom. The molecule has 2 rings (SSSR count). The highest BCUT2D eigenvalue weighted by Gasteiger charge is 2.23. The Morgan fingerprint density at radius 2 is 2.18 bits per heavy atom. The van der Waals surface area contributed by atoms with Crippen LogP contribution < -0.4 is 5.32 Å². The Bertz CT molecular complexity index is 560. The summed E-state index contributed by atoms with van der Waals surface area (Å²) in [6, 6.07) is 0.303. The lowest BCUT2D eigenvalue weighted by Crippen LogP contribution is -2.51. The number of halogens is 1. The molecular weight excluding hydrogens is 310 g/mol. The molecule has 1 fully saturated rings. The van der Waals surface area contributed by atoms with E-state index in [4.69, 9.17) is 0 Å². The predicted molar refractivity (Wildman–Crippen MR) is 84.3 cm³/mol. The first-order chi connectivity index (χ1) is 9.90. The van der Waals surface area contributed by atoms with Gasteiger partial charge in [-0.25, -0.2) is 0 Å². The van der Waals surface area contributed by atoms with Gasteiger partial charge in [-0.05, 0) is 20.8 Å². The van der Waals surface area contributed by atoms with Crippen LogP contribution in [0.15, 0.2) is 0 Å². The molecule has 9 heteroatoms. The molecule has 1 aliphatic heterocycles. The van der Waals surface area contributed by atoms with Crippen LogP contribution in [0.1, 0.15) is 24.7 Å². The standard InChI is InChI=1S/C13H21N5O3.ClH/c1-9-8-16(7-5-14-9)12(19)4-6-17-11(3)13(18(20)21)10(2)15-17;/h9,14H,4-8H2,1-3H3;1H. The first-order valence-electron chi connectivity index (χ1n) is 7.09. The highest BCUT2D eigenvalue weighted by atomic mass is 35.5. The zero-order valence-electron chi connectivity index (χ0n) is 13.0. The summed E-state index contributed by atoms with van der Waals surface area (Å²) in [5, 5.41) is 18.4. The molecule has 1 unspecified atom stereocenters. The lowest BCUT2D eigenvalue weighted by atomic mass is 10.2. The predicted octanol–water partition coefficient (Wildman–Crippen LogP) is 1.04. The monoisotopic (exact) mass is 331 g/mol. The number of aryl methyl sites for hydroxylation is 2. The second-order valence-electron chi connectivity index (χ2n) is 5.44. The van der Waals surface area contributed by atoms with Crippen LogP contribution in [-0.4, -0.2) is 51.2 Å². The van der Waals surface area contributed by atoms with Crippen molar-refractivity contribution in [2.75, 3.05) is 19.6 Å². The van der Waals surface area contributed by atoms with Gasteiger partial charge in [0.05, 0.1) is 11.5 Å². The minimum absolute atomic E-state index is 0. The number of carbonyl (C=O) groups excluding carboxylic acids is 1. The maximum atomic E-state index is 12.2. The van der Waals surface area contributed by atoms with Crippen LogP contribution in [0.3, 0.4) is 0 Å². The van der Waals surface area contributed by atoms with E-state index in [1.807, 2.05) is 11.8 Å². The molecule has 1 aromatic rings. The molecule has 8 nitrogen and oxygen atoms in total. The Labute approximate surface area is 135 Å². The van der Waals surface area contributed by atoms with Gasteiger partial charge in [-0.15, -0.1) is 12.4 Å². The average molecular weight is 332 g/mol. The molecular formula is C13H22ClN5O3. The third-order valence-electron chi connectivity index (χ3n) is 3.78. The molecule has 22 heavy (non-hydrogen) atoms. The van der Waals surface area contributed by atoms with E-state index in [1.54, 1.807) is 18.5 Å². The minimum atomic E-state index is -0.423. The number of nitrogens with zero attached hydrogens (tertiary/aromatic N) is 4. The fourth-order valence-corrected chi connectivity index (χ4v) is 2.69. The Morgan fingerprint density at radius 1 is 1.50 bits per heavy atom. The second-order valence-corrected chi connectivity index (χ2v) is 5.44. The summed E-state index contributed by atoms with van der Waals surface area (Å²) < 4.78 is 1.55. The molecule has 124 valence electrons. The fraction of sp³-hybridized carbons (Fsp3) is 0.692. The van der Waals surface area contributed by atoms with E-state index in [2.05, 4.69) is 10.4 Å². The maximum Gasteiger partial charge on any atom is 0.312 e. The SMILES string of the molecule is Cc1nn(CCC(=O)N2CCNC(C)C2)c(C)c1[N+](=O)[O-].Cl. The zero-order valence-corrected chi connectivity index (χ0v) is 13.9. The molecule has 0 saturated carbocycles. The molecule has 1 atom stereocenters. The summed E-state index contributed by atoms with van der Waals surface area (Å²) in [7, 11) is 0. The van der Waals surface area contributed by atoms with Crippen molar-refractivity contribution in [1.82, 2.24) is 20.0 Å². The summed E-state index contributed by atoms with van der Waals surface area (Å²) in [5.41, 5.74) is 0.929. The summed E-state index contributed by atoms with van der Waals surface area (Å²) in [4.78, 5) is 24.5. The van der Waals surface area contributed by atoms with E-state index in [0.29, 0.717) is 43.5 Å². The second kappa shape index (κ2) is 7.55. The summed E-state index contributed by atoms with van der Waals surface area (Å²) in [6.07, 6.45) is 0.311. The van der Waals surface area contributed by atoms with Crippen LogP contribution in [0, 0.1) is 24.0 Å². The maximum absolute atomic E-state index is 12.2. The molecule has 1 N–H and O–H groups in total. The van der Waals surface area contributed by atoms with Crippen LogP contribution in [0.5, 0.6) is 0 Å². The molecule has 0 spiro atoms. The van der Waals surface area contributed by atoms with Crippen LogP contribution >= 0.6 is 12.4 Å². The highest BCUT2D eigenvalue weighted by Crippen LogP contribution is 2.21. The fourth-order valence-electron chi connectivity index (χ4n) is 2.69. The van der Waals surface area contributed by atoms with Gasteiger partial charge in [0.15, 0.2) is 0 Å². The molecule has 1 amide bonds. The van der Waals surface area contributed by atoms with Crippen molar-refractivity contribution in [2.24, 2.45) is 0 Å².